The van der Waals surface area contributed by atoms with Gasteiger partial charge in [-0.15, -0.1) is 0 Å². The van der Waals surface area contributed by atoms with Gasteiger partial charge in [-0.25, -0.2) is 4.79 Å². The number of aliphatic hydroxyl groups excluding tert-OH is 1. The number of rotatable bonds is 5. The zero-order valence-corrected chi connectivity index (χ0v) is 13.0. The Hall–Kier alpha value is -0.810. The smallest absolute Gasteiger partial charge is 0.410 e. The summed E-state index contributed by atoms with van der Waals surface area (Å²) in [6.07, 6.45) is 4.08. The minimum atomic E-state index is -1.18. The molecule has 118 valence electrons. The molecule has 2 N–H and O–H groups in total. The predicted octanol–water partition coefficient (Wildman–Crippen LogP) is 2.50. The number of ether oxygens (including phenoxy) is 1. The lowest BCUT2D eigenvalue weighted by Gasteiger charge is -2.33. The Labute approximate surface area is 121 Å². The van der Waals surface area contributed by atoms with Crippen molar-refractivity contribution in [2.45, 2.75) is 71.2 Å². The van der Waals surface area contributed by atoms with Crippen LogP contribution in [0.3, 0.4) is 0 Å². The van der Waals surface area contributed by atoms with E-state index in [9.17, 15) is 4.79 Å². The van der Waals surface area contributed by atoms with Crippen LogP contribution in [-0.2, 0) is 4.74 Å². The molecule has 0 bridgehead atoms. The second kappa shape index (κ2) is 7.84. The van der Waals surface area contributed by atoms with Gasteiger partial charge in [-0.1, -0.05) is 12.8 Å². The summed E-state index contributed by atoms with van der Waals surface area (Å²) >= 11 is 0. The van der Waals surface area contributed by atoms with Gasteiger partial charge in [-0.05, 0) is 52.4 Å². The van der Waals surface area contributed by atoms with E-state index in [0.29, 0.717) is 12.3 Å². The second-order valence-corrected chi connectivity index (χ2v) is 6.68. The van der Waals surface area contributed by atoms with E-state index in [2.05, 4.69) is 0 Å². The average Bonchev–Trinajstić information content (AvgIpc) is 2.33. The van der Waals surface area contributed by atoms with Gasteiger partial charge < -0.3 is 19.8 Å². The van der Waals surface area contributed by atoms with E-state index in [1.165, 1.54) is 0 Å². The van der Waals surface area contributed by atoms with Crippen LogP contribution in [0.15, 0.2) is 0 Å². The Balaban J connectivity index is 2.18. The molecule has 1 fully saturated rings. The summed E-state index contributed by atoms with van der Waals surface area (Å²) in [5.41, 5.74) is -0.431. The van der Waals surface area contributed by atoms with Crippen LogP contribution in [0.5, 0.6) is 0 Å². The summed E-state index contributed by atoms with van der Waals surface area (Å²) in [6, 6.07) is 0. The molecule has 1 rings (SSSR count). The average molecular weight is 287 g/mol. The highest BCUT2D eigenvalue weighted by molar-refractivity contribution is 5.68. The predicted molar refractivity (Wildman–Crippen MR) is 77.2 cm³/mol. The molecular weight excluding hydrogens is 258 g/mol. The Morgan fingerprint density at radius 1 is 1.25 bits per heavy atom. The van der Waals surface area contributed by atoms with Crippen LogP contribution >= 0.6 is 0 Å². The fourth-order valence-electron chi connectivity index (χ4n) is 2.49. The van der Waals surface area contributed by atoms with Crippen molar-refractivity contribution < 1.29 is 19.7 Å². The molecule has 0 aromatic carbocycles. The summed E-state index contributed by atoms with van der Waals surface area (Å²) in [5, 5.41) is 17.6. The van der Waals surface area contributed by atoms with Gasteiger partial charge >= 0.3 is 6.09 Å². The maximum absolute atomic E-state index is 11.9. The zero-order valence-electron chi connectivity index (χ0n) is 13.0. The minimum absolute atomic E-state index is 0.209. The molecule has 0 radical (unpaired) electrons. The van der Waals surface area contributed by atoms with Crippen molar-refractivity contribution in [1.82, 2.24) is 4.90 Å². The third-order valence-electron chi connectivity index (χ3n) is 3.59. The van der Waals surface area contributed by atoms with E-state index in [1.54, 1.807) is 4.90 Å². The third kappa shape index (κ3) is 7.10. The van der Waals surface area contributed by atoms with Crippen molar-refractivity contribution in [2.24, 2.45) is 5.92 Å². The molecular formula is C15H29NO4. The number of carbonyl (C=O) groups excluding carboxylic acids is 1. The number of likely N-dealkylation sites (tertiary alicyclic amines) is 1. The number of hydrogen-bond donors (Lipinski definition) is 2. The highest BCUT2D eigenvalue weighted by atomic mass is 16.6. The molecule has 0 aromatic heterocycles. The van der Waals surface area contributed by atoms with Crippen molar-refractivity contribution in [3.63, 3.8) is 0 Å². The van der Waals surface area contributed by atoms with Gasteiger partial charge in [-0.3, -0.25) is 0 Å². The molecule has 5 heteroatoms. The fraction of sp³-hybridized carbons (Fsp3) is 0.933. The minimum Gasteiger partial charge on any atom is -0.444 e. The van der Waals surface area contributed by atoms with E-state index in [0.717, 1.165) is 45.2 Å². The summed E-state index contributed by atoms with van der Waals surface area (Å²) < 4.78 is 5.37. The number of nitrogens with zero attached hydrogens (tertiary/aromatic N) is 1. The largest absolute Gasteiger partial charge is 0.444 e. The van der Waals surface area contributed by atoms with Crippen LogP contribution in [0.25, 0.3) is 0 Å². The van der Waals surface area contributed by atoms with Crippen molar-refractivity contribution in [3.05, 3.63) is 0 Å². The SMILES string of the molecule is CC(C)(C)OC(=O)N1CCC(CCCCC(O)O)CC1. The van der Waals surface area contributed by atoms with Gasteiger partial charge in [-0.2, -0.15) is 0 Å². The lowest BCUT2D eigenvalue weighted by Crippen LogP contribution is -2.41. The normalized spacial score (nSPS) is 17.6. The molecule has 1 saturated heterocycles. The second-order valence-electron chi connectivity index (χ2n) is 6.68. The molecule has 1 aliphatic rings. The van der Waals surface area contributed by atoms with Crippen molar-refractivity contribution in [1.29, 1.82) is 0 Å². The van der Waals surface area contributed by atoms with E-state index in [4.69, 9.17) is 14.9 Å². The Morgan fingerprint density at radius 3 is 2.35 bits per heavy atom. The molecule has 1 aliphatic heterocycles. The molecule has 0 saturated carbocycles. The molecule has 0 aliphatic carbocycles. The van der Waals surface area contributed by atoms with Crippen LogP contribution in [0, 0.1) is 5.92 Å². The van der Waals surface area contributed by atoms with Crippen LogP contribution < -0.4 is 0 Å². The van der Waals surface area contributed by atoms with Crippen molar-refractivity contribution >= 4 is 6.09 Å². The summed E-state index contributed by atoms with van der Waals surface area (Å²) in [7, 11) is 0. The lowest BCUT2D eigenvalue weighted by molar-refractivity contribution is -0.0468. The standard InChI is InChI=1S/C15H29NO4/c1-15(2,3)20-14(19)16-10-8-12(9-11-16)6-4-5-7-13(17)18/h12-13,17-18H,4-11H2,1-3H3. The first-order chi connectivity index (χ1) is 9.28. The molecule has 0 atom stereocenters. The molecule has 20 heavy (non-hydrogen) atoms. The molecule has 1 amide bonds. The number of amides is 1. The van der Waals surface area contributed by atoms with E-state index in [-0.39, 0.29) is 6.09 Å². The highest BCUT2D eigenvalue weighted by Gasteiger charge is 2.26. The maximum Gasteiger partial charge on any atom is 0.410 e. The number of aliphatic hydroxyl groups is 2. The van der Waals surface area contributed by atoms with Gasteiger partial charge in [0.05, 0.1) is 0 Å². The van der Waals surface area contributed by atoms with Gasteiger partial charge in [0.2, 0.25) is 0 Å². The first-order valence-electron chi connectivity index (χ1n) is 7.62. The van der Waals surface area contributed by atoms with Crippen LogP contribution in [0.4, 0.5) is 4.79 Å². The van der Waals surface area contributed by atoms with E-state index >= 15 is 0 Å². The van der Waals surface area contributed by atoms with Gasteiger partial charge in [0.15, 0.2) is 6.29 Å². The Morgan fingerprint density at radius 2 is 1.85 bits per heavy atom. The van der Waals surface area contributed by atoms with E-state index in [1.807, 2.05) is 20.8 Å². The van der Waals surface area contributed by atoms with Gasteiger partial charge in [0.25, 0.3) is 0 Å². The number of hydrogen-bond acceptors (Lipinski definition) is 4. The zero-order chi connectivity index (χ0) is 15.2. The molecule has 5 nitrogen and oxygen atoms in total. The van der Waals surface area contributed by atoms with Crippen LogP contribution in [0.1, 0.15) is 59.3 Å². The molecule has 0 aromatic rings. The third-order valence-corrected chi connectivity index (χ3v) is 3.59. The highest BCUT2D eigenvalue weighted by Crippen LogP contribution is 2.24. The van der Waals surface area contributed by atoms with Crippen molar-refractivity contribution in [3.8, 4) is 0 Å². The first kappa shape index (κ1) is 17.2. The molecule has 1 heterocycles. The fourth-order valence-corrected chi connectivity index (χ4v) is 2.49. The van der Waals surface area contributed by atoms with Crippen molar-refractivity contribution in [2.75, 3.05) is 13.1 Å². The lowest BCUT2D eigenvalue weighted by atomic mass is 9.91. The number of piperidine rings is 1. The Bertz CT molecular complexity index is 291. The number of carbonyl (C=O) groups is 1. The van der Waals surface area contributed by atoms with Gasteiger partial charge in [0, 0.05) is 13.1 Å². The summed E-state index contributed by atoms with van der Waals surface area (Å²) in [6.45, 7) is 7.18. The quantitative estimate of drug-likeness (QED) is 0.602. The molecule has 0 spiro atoms. The molecule has 0 unspecified atom stereocenters. The monoisotopic (exact) mass is 287 g/mol. The van der Waals surface area contributed by atoms with Crippen LogP contribution in [0.2, 0.25) is 0 Å². The summed E-state index contributed by atoms with van der Waals surface area (Å²) in [4.78, 5) is 13.7. The van der Waals surface area contributed by atoms with Crippen LogP contribution in [-0.4, -0.2) is 46.2 Å². The maximum atomic E-state index is 11.9. The first-order valence-corrected chi connectivity index (χ1v) is 7.62. The number of unbranched alkanes of at least 4 members (excludes halogenated alkanes) is 1. The van der Waals surface area contributed by atoms with E-state index < -0.39 is 11.9 Å². The summed E-state index contributed by atoms with van der Waals surface area (Å²) in [5.74, 6) is 0.643. The topological polar surface area (TPSA) is 70.0 Å². The van der Waals surface area contributed by atoms with Gasteiger partial charge in [0.1, 0.15) is 5.60 Å². The Kier molecular flexibility index (Phi) is 6.76.